The second-order valence-electron chi connectivity index (χ2n) is 4.23. The van der Waals surface area contributed by atoms with E-state index in [1.165, 1.54) is 12.2 Å². The number of halogens is 2. The van der Waals surface area contributed by atoms with E-state index in [4.69, 9.17) is 23.2 Å². The Balaban J connectivity index is 2.36. The zero-order chi connectivity index (χ0) is 11.7. The highest BCUT2D eigenvalue weighted by Gasteiger charge is 2.23. The lowest BCUT2D eigenvalue weighted by molar-refractivity contribution is 0.762. The molecule has 0 saturated carbocycles. The average Bonchev–Trinajstić information content (AvgIpc) is 2.67. The van der Waals surface area contributed by atoms with Crippen molar-refractivity contribution in [3.05, 3.63) is 21.7 Å². The van der Waals surface area contributed by atoms with Gasteiger partial charge in [-0.15, -0.1) is 0 Å². The number of thioether (sulfide) groups is 1. The third kappa shape index (κ3) is 2.47. The molecular formula is C11H14Cl2N2S. The molecule has 0 amide bonds. The van der Waals surface area contributed by atoms with Crippen LogP contribution >= 0.6 is 35.0 Å². The molecule has 0 spiro atoms. The van der Waals surface area contributed by atoms with Crippen LogP contribution in [0.2, 0.25) is 10.3 Å². The molecule has 16 heavy (non-hydrogen) atoms. The summed E-state index contributed by atoms with van der Waals surface area (Å²) in [4.78, 5) is 8.77. The molecule has 1 unspecified atom stereocenters. The highest BCUT2D eigenvalue weighted by Crippen LogP contribution is 2.40. The van der Waals surface area contributed by atoms with Gasteiger partial charge in [-0.25, -0.2) is 9.97 Å². The van der Waals surface area contributed by atoms with Gasteiger partial charge >= 0.3 is 0 Å². The summed E-state index contributed by atoms with van der Waals surface area (Å²) in [6.45, 7) is 4.08. The maximum Gasteiger partial charge on any atom is 0.144 e. The maximum atomic E-state index is 6.16. The third-order valence-electron chi connectivity index (χ3n) is 2.66. The molecule has 2 rings (SSSR count). The van der Waals surface area contributed by atoms with Crippen molar-refractivity contribution in [2.75, 3.05) is 5.75 Å². The molecule has 0 bridgehead atoms. The van der Waals surface area contributed by atoms with Gasteiger partial charge < -0.3 is 0 Å². The Morgan fingerprint density at radius 3 is 2.31 bits per heavy atom. The Kier molecular flexibility index (Phi) is 3.98. The van der Waals surface area contributed by atoms with Gasteiger partial charge in [-0.3, -0.25) is 0 Å². The van der Waals surface area contributed by atoms with Gasteiger partial charge in [0.25, 0.3) is 0 Å². The predicted octanol–water partition coefficient (Wildman–Crippen LogP) is 4.47. The first kappa shape index (κ1) is 12.5. The van der Waals surface area contributed by atoms with Crippen molar-refractivity contribution < 1.29 is 0 Å². The van der Waals surface area contributed by atoms with Gasteiger partial charge in [-0.1, -0.05) is 37.0 Å². The number of hydrogen-bond donors (Lipinski definition) is 0. The minimum absolute atomic E-state index is 0.255. The number of rotatable bonds is 2. The molecule has 5 heteroatoms. The summed E-state index contributed by atoms with van der Waals surface area (Å²) in [7, 11) is 0. The van der Waals surface area contributed by atoms with E-state index in [1.54, 1.807) is 0 Å². The summed E-state index contributed by atoms with van der Waals surface area (Å²) >= 11 is 14.2. The van der Waals surface area contributed by atoms with Crippen molar-refractivity contribution in [3.8, 4) is 0 Å². The fourth-order valence-electron chi connectivity index (χ4n) is 1.83. The van der Waals surface area contributed by atoms with Crippen LogP contribution in [0.1, 0.15) is 49.2 Å². The Bertz CT molecular complexity index is 367. The van der Waals surface area contributed by atoms with E-state index < -0.39 is 0 Å². The minimum atomic E-state index is 0.255. The van der Waals surface area contributed by atoms with E-state index >= 15 is 0 Å². The molecule has 0 aromatic carbocycles. The van der Waals surface area contributed by atoms with Gasteiger partial charge in [0.1, 0.15) is 16.1 Å². The monoisotopic (exact) mass is 276 g/mol. The zero-order valence-electron chi connectivity index (χ0n) is 9.33. The van der Waals surface area contributed by atoms with Crippen molar-refractivity contribution in [1.29, 1.82) is 0 Å². The number of aromatic nitrogens is 2. The summed E-state index contributed by atoms with van der Waals surface area (Å²) in [5.41, 5.74) is 0.857. The van der Waals surface area contributed by atoms with Crippen molar-refractivity contribution >= 4 is 35.0 Å². The Morgan fingerprint density at radius 1 is 1.25 bits per heavy atom. The maximum absolute atomic E-state index is 6.16. The van der Waals surface area contributed by atoms with Crippen LogP contribution in [-0.4, -0.2) is 15.7 Å². The molecule has 1 aromatic heterocycles. The van der Waals surface area contributed by atoms with Crippen molar-refractivity contribution in [3.63, 3.8) is 0 Å². The minimum Gasteiger partial charge on any atom is -0.220 e. The summed E-state index contributed by atoms with van der Waals surface area (Å²) in [5, 5.41) is 1.39. The first-order valence-corrected chi connectivity index (χ1v) is 7.24. The highest BCUT2D eigenvalue weighted by atomic mass is 35.5. The van der Waals surface area contributed by atoms with E-state index in [2.05, 4.69) is 9.97 Å². The molecule has 88 valence electrons. The number of nitrogens with zero attached hydrogens (tertiary/aromatic N) is 2. The first-order valence-electron chi connectivity index (χ1n) is 5.44. The van der Waals surface area contributed by atoms with Gasteiger partial charge in [0.2, 0.25) is 0 Å². The summed E-state index contributed by atoms with van der Waals surface area (Å²) in [6, 6.07) is 0. The summed E-state index contributed by atoms with van der Waals surface area (Å²) in [5.74, 6) is 2.22. The molecule has 1 aromatic rings. The molecule has 1 saturated heterocycles. The van der Waals surface area contributed by atoms with Gasteiger partial charge in [0.05, 0.1) is 5.25 Å². The Morgan fingerprint density at radius 2 is 1.88 bits per heavy atom. The average molecular weight is 277 g/mol. The van der Waals surface area contributed by atoms with Crippen LogP contribution in [0.15, 0.2) is 0 Å². The van der Waals surface area contributed by atoms with Crippen molar-refractivity contribution in [2.24, 2.45) is 0 Å². The van der Waals surface area contributed by atoms with Crippen molar-refractivity contribution in [2.45, 2.75) is 37.9 Å². The lowest BCUT2D eigenvalue weighted by Gasteiger charge is -2.13. The van der Waals surface area contributed by atoms with E-state index in [9.17, 15) is 0 Å². The molecule has 1 atom stereocenters. The third-order valence-corrected chi connectivity index (χ3v) is 4.61. The van der Waals surface area contributed by atoms with Crippen LogP contribution < -0.4 is 0 Å². The summed E-state index contributed by atoms with van der Waals surface area (Å²) < 4.78 is 0. The molecule has 2 nitrogen and oxygen atoms in total. The van der Waals surface area contributed by atoms with Crippen molar-refractivity contribution in [1.82, 2.24) is 9.97 Å². The quantitative estimate of drug-likeness (QED) is 0.746. The molecule has 1 fully saturated rings. The number of hydrogen-bond acceptors (Lipinski definition) is 3. The highest BCUT2D eigenvalue weighted by molar-refractivity contribution is 7.99. The molecule has 1 aliphatic rings. The second kappa shape index (κ2) is 5.11. The lowest BCUT2D eigenvalue weighted by atomic mass is 10.1. The van der Waals surface area contributed by atoms with Gasteiger partial charge in [0.15, 0.2) is 0 Å². The fraction of sp³-hybridized carbons (Fsp3) is 0.636. The Labute approximate surface area is 110 Å². The smallest absolute Gasteiger partial charge is 0.144 e. The van der Waals surface area contributed by atoms with Gasteiger partial charge in [-0.05, 0) is 24.5 Å². The molecule has 1 aliphatic heterocycles. The van der Waals surface area contributed by atoms with E-state index in [0.29, 0.717) is 15.6 Å². The molecule has 0 aliphatic carbocycles. The van der Waals surface area contributed by atoms with Gasteiger partial charge in [-0.2, -0.15) is 11.8 Å². The first-order chi connectivity index (χ1) is 7.59. The zero-order valence-corrected chi connectivity index (χ0v) is 11.7. The van der Waals surface area contributed by atoms with Crippen LogP contribution in [0.25, 0.3) is 0 Å². The van der Waals surface area contributed by atoms with Crippen LogP contribution in [0.3, 0.4) is 0 Å². The topological polar surface area (TPSA) is 25.8 Å². The Hall–Kier alpha value is 0.01000. The molecule has 0 N–H and O–H groups in total. The van der Waals surface area contributed by atoms with Crippen LogP contribution in [0.5, 0.6) is 0 Å². The largest absolute Gasteiger partial charge is 0.220 e. The SMILES string of the molecule is CC(C)c1c(Cl)nc(C2CCCS2)nc1Cl. The van der Waals surface area contributed by atoms with E-state index in [-0.39, 0.29) is 5.92 Å². The predicted molar refractivity (Wildman–Crippen MR) is 70.6 cm³/mol. The lowest BCUT2D eigenvalue weighted by Crippen LogP contribution is -2.03. The second-order valence-corrected chi connectivity index (χ2v) is 6.26. The summed E-state index contributed by atoms with van der Waals surface area (Å²) in [6.07, 6.45) is 2.35. The molecular weight excluding hydrogens is 263 g/mol. The molecule has 2 heterocycles. The molecule has 0 radical (unpaired) electrons. The normalized spacial score (nSPS) is 20.7. The van der Waals surface area contributed by atoms with Crippen LogP contribution in [-0.2, 0) is 0 Å². The van der Waals surface area contributed by atoms with Gasteiger partial charge in [0, 0.05) is 5.56 Å². The standard InChI is InChI=1S/C11H14Cl2N2S/c1-6(2)8-9(12)14-11(15-10(8)13)7-4-3-5-16-7/h6-7H,3-5H2,1-2H3. The fourth-order valence-corrected chi connectivity index (χ4v) is 3.88. The van der Waals surface area contributed by atoms with Crippen LogP contribution in [0, 0.1) is 0 Å². The van der Waals surface area contributed by atoms with Crippen LogP contribution in [0.4, 0.5) is 0 Å². The van der Waals surface area contributed by atoms with E-state index in [1.807, 2.05) is 25.6 Å². The van der Waals surface area contributed by atoms with E-state index in [0.717, 1.165) is 17.8 Å².